The first-order chi connectivity index (χ1) is 17.0. The smallest absolute Gasteiger partial charge is 0.250 e. The molecule has 0 radical (unpaired) electrons. The van der Waals surface area contributed by atoms with Crippen LogP contribution in [-0.4, -0.2) is 44.9 Å². The number of halogens is 2. The minimum atomic E-state index is -0.306. The van der Waals surface area contributed by atoms with Crippen LogP contribution in [0.5, 0.6) is 11.5 Å². The molecule has 1 amide bonds. The number of hydrogen-bond acceptors (Lipinski definition) is 7. The molecular formula is C24H19I2N5O3S. The van der Waals surface area contributed by atoms with E-state index in [0.717, 1.165) is 20.6 Å². The summed E-state index contributed by atoms with van der Waals surface area (Å²) in [5, 5.41) is 23.4. The van der Waals surface area contributed by atoms with E-state index in [1.165, 1.54) is 18.0 Å². The topological polar surface area (TPSA) is 102 Å². The van der Waals surface area contributed by atoms with Crippen molar-refractivity contribution in [3.8, 4) is 28.6 Å². The van der Waals surface area contributed by atoms with Crippen LogP contribution in [0.4, 0.5) is 0 Å². The number of hydrazone groups is 1. The number of nitrogens with one attached hydrogen (secondary N) is 1. The summed E-state index contributed by atoms with van der Waals surface area (Å²) in [7, 11) is 1.62. The van der Waals surface area contributed by atoms with Crippen LogP contribution in [0, 0.1) is 7.14 Å². The van der Waals surface area contributed by atoms with E-state index in [-0.39, 0.29) is 17.4 Å². The summed E-state index contributed by atoms with van der Waals surface area (Å²) in [6.45, 7) is 0. The van der Waals surface area contributed by atoms with Gasteiger partial charge in [-0.3, -0.25) is 9.36 Å². The number of nitrogens with zero attached hydrogens (tertiary/aromatic N) is 4. The number of ether oxygens (including phenoxy) is 1. The van der Waals surface area contributed by atoms with Gasteiger partial charge < -0.3 is 9.84 Å². The number of methoxy groups -OCH3 is 1. The van der Waals surface area contributed by atoms with E-state index in [4.69, 9.17) is 4.74 Å². The Hall–Kier alpha value is -2.65. The van der Waals surface area contributed by atoms with E-state index in [0.29, 0.717) is 20.1 Å². The molecular weight excluding hydrogens is 692 g/mol. The largest absolute Gasteiger partial charge is 0.506 e. The minimum Gasteiger partial charge on any atom is -0.506 e. The Balaban J connectivity index is 1.50. The van der Waals surface area contributed by atoms with E-state index in [1.54, 1.807) is 13.2 Å². The monoisotopic (exact) mass is 711 g/mol. The zero-order valence-electron chi connectivity index (χ0n) is 18.4. The summed E-state index contributed by atoms with van der Waals surface area (Å²) in [5.41, 5.74) is 4.78. The molecule has 1 heterocycles. The molecule has 35 heavy (non-hydrogen) atoms. The molecule has 0 atom stereocenters. The van der Waals surface area contributed by atoms with Crippen molar-refractivity contribution >= 4 is 69.1 Å². The number of para-hydroxylation sites is 1. The molecule has 178 valence electrons. The van der Waals surface area contributed by atoms with Crippen LogP contribution >= 0.6 is 56.9 Å². The van der Waals surface area contributed by atoms with Crippen molar-refractivity contribution in [1.29, 1.82) is 0 Å². The number of aromatic hydroxyl groups is 1. The van der Waals surface area contributed by atoms with Crippen molar-refractivity contribution in [2.24, 2.45) is 5.10 Å². The van der Waals surface area contributed by atoms with E-state index in [2.05, 4.69) is 43.3 Å². The Morgan fingerprint density at radius 3 is 2.60 bits per heavy atom. The highest BCUT2D eigenvalue weighted by Gasteiger charge is 2.17. The van der Waals surface area contributed by atoms with Crippen molar-refractivity contribution in [3.05, 3.63) is 79.4 Å². The van der Waals surface area contributed by atoms with Crippen molar-refractivity contribution < 1.29 is 14.6 Å². The molecule has 0 saturated carbocycles. The Kier molecular flexibility index (Phi) is 8.62. The molecule has 4 rings (SSSR count). The third kappa shape index (κ3) is 6.32. The van der Waals surface area contributed by atoms with Crippen molar-refractivity contribution in [2.45, 2.75) is 5.16 Å². The molecule has 0 saturated heterocycles. The predicted molar refractivity (Wildman–Crippen MR) is 153 cm³/mol. The molecule has 0 unspecified atom stereocenters. The first-order valence-electron chi connectivity index (χ1n) is 10.2. The SMILES string of the molecule is COc1ccc(-c2nnc(SCC(=O)N/N=C\c3cc(I)cc(I)c3O)n2-c2ccccc2)cc1. The molecule has 4 aromatic rings. The molecule has 2 N–H and O–H groups in total. The Labute approximate surface area is 233 Å². The van der Waals surface area contributed by atoms with Crippen LogP contribution in [0.3, 0.4) is 0 Å². The van der Waals surface area contributed by atoms with Crippen LogP contribution < -0.4 is 10.2 Å². The van der Waals surface area contributed by atoms with Crippen molar-refractivity contribution in [3.63, 3.8) is 0 Å². The van der Waals surface area contributed by atoms with Gasteiger partial charge in [-0.05, 0) is 93.7 Å². The Morgan fingerprint density at radius 1 is 1.14 bits per heavy atom. The van der Waals surface area contributed by atoms with Gasteiger partial charge in [-0.25, -0.2) is 5.43 Å². The van der Waals surface area contributed by atoms with E-state index >= 15 is 0 Å². The highest BCUT2D eigenvalue weighted by molar-refractivity contribution is 14.1. The van der Waals surface area contributed by atoms with Gasteiger partial charge in [0.25, 0.3) is 5.91 Å². The number of hydrogen-bond donors (Lipinski definition) is 2. The lowest BCUT2D eigenvalue weighted by molar-refractivity contribution is -0.118. The normalized spacial score (nSPS) is 11.1. The zero-order valence-corrected chi connectivity index (χ0v) is 23.5. The van der Waals surface area contributed by atoms with Gasteiger partial charge >= 0.3 is 0 Å². The summed E-state index contributed by atoms with van der Waals surface area (Å²) >= 11 is 5.46. The molecule has 0 bridgehead atoms. The lowest BCUT2D eigenvalue weighted by atomic mass is 10.2. The maximum absolute atomic E-state index is 12.4. The fourth-order valence-electron chi connectivity index (χ4n) is 3.12. The first kappa shape index (κ1) is 25.4. The van der Waals surface area contributed by atoms with Gasteiger partial charge in [-0.2, -0.15) is 5.10 Å². The van der Waals surface area contributed by atoms with Crippen LogP contribution in [0.2, 0.25) is 0 Å². The first-order valence-corrected chi connectivity index (χ1v) is 13.4. The molecule has 0 aliphatic heterocycles. The number of carbonyl (C=O) groups is 1. The quantitative estimate of drug-likeness (QED) is 0.114. The summed E-state index contributed by atoms with van der Waals surface area (Å²) in [4.78, 5) is 12.4. The van der Waals surface area contributed by atoms with Crippen LogP contribution in [-0.2, 0) is 4.79 Å². The standard InChI is InChI=1S/C24H19I2N5O3S/c1-34-19-9-7-15(8-10-19)23-29-30-24(31(23)18-5-3-2-4-6-18)35-14-21(32)28-27-13-16-11-17(25)12-20(26)22(16)33/h2-13,33H,14H2,1H3,(H,28,32)/b27-13-. The van der Waals surface area contributed by atoms with Gasteiger partial charge in [0.15, 0.2) is 11.0 Å². The molecule has 11 heteroatoms. The predicted octanol–water partition coefficient (Wildman–Crippen LogP) is 5.10. The fourth-order valence-corrected chi connectivity index (χ4v) is 5.75. The highest BCUT2D eigenvalue weighted by Crippen LogP contribution is 2.29. The molecule has 3 aromatic carbocycles. The number of phenolic OH excluding ortho intramolecular Hbond substituents is 1. The minimum absolute atomic E-state index is 0.0841. The Morgan fingerprint density at radius 2 is 1.89 bits per heavy atom. The number of phenols is 1. The van der Waals surface area contributed by atoms with Gasteiger partial charge in [-0.1, -0.05) is 30.0 Å². The van der Waals surface area contributed by atoms with Crippen molar-refractivity contribution in [2.75, 3.05) is 12.9 Å². The number of amides is 1. The highest BCUT2D eigenvalue weighted by atomic mass is 127. The summed E-state index contributed by atoms with van der Waals surface area (Å²) in [5.74, 6) is 1.31. The third-order valence-electron chi connectivity index (χ3n) is 4.78. The second kappa shape index (κ2) is 11.9. The lowest BCUT2D eigenvalue weighted by Crippen LogP contribution is -2.20. The maximum Gasteiger partial charge on any atom is 0.250 e. The van der Waals surface area contributed by atoms with Gasteiger partial charge in [-0.15, -0.1) is 10.2 Å². The summed E-state index contributed by atoms with van der Waals surface area (Å²) in [6.07, 6.45) is 1.43. The number of carbonyl (C=O) groups excluding carboxylic acids is 1. The lowest BCUT2D eigenvalue weighted by Gasteiger charge is -2.10. The van der Waals surface area contributed by atoms with Crippen LogP contribution in [0.1, 0.15) is 5.56 Å². The second-order valence-electron chi connectivity index (χ2n) is 7.11. The van der Waals surface area contributed by atoms with Crippen LogP contribution in [0.25, 0.3) is 17.1 Å². The van der Waals surface area contributed by atoms with Crippen LogP contribution in [0.15, 0.2) is 77.0 Å². The van der Waals surface area contributed by atoms with Gasteiger partial charge in [0, 0.05) is 20.4 Å². The zero-order chi connectivity index (χ0) is 24.8. The fraction of sp³-hybridized carbons (Fsp3) is 0.0833. The number of rotatable bonds is 8. The Bertz CT molecular complexity index is 1360. The van der Waals surface area contributed by atoms with E-state index in [9.17, 15) is 9.90 Å². The number of aromatic nitrogens is 3. The molecule has 0 aliphatic rings. The van der Waals surface area contributed by atoms with Crippen molar-refractivity contribution in [1.82, 2.24) is 20.2 Å². The summed E-state index contributed by atoms with van der Waals surface area (Å²) < 4.78 is 8.84. The maximum atomic E-state index is 12.4. The number of thioether (sulfide) groups is 1. The van der Waals surface area contributed by atoms with Gasteiger partial charge in [0.1, 0.15) is 11.5 Å². The molecule has 0 aliphatic carbocycles. The second-order valence-corrected chi connectivity index (χ2v) is 10.5. The van der Waals surface area contributed by atoms with Gasteiger partial charge in [0.2, 0.25) is 0 Å². The average molecular weight is 711 g/mol. The average Bonchev–Trinajstić information content (AvgIpc) is 3.30. The summed E-state index contributed by atoms with van der Waals surface area (Å²) in [6, 6.07) is 20.9. The third-order valence-corrected chi connectivity index (χ3v) is 7.15. The van der Waals surface area contributed by atoms with Gasteiger partial charge in [0.05, 0.1) is 22.6 Å². The molecule has 1 aromatic heterocycles. The molecule has 0 spiro atoms. The van der Waals surface area contributed by atoms with E-state index < -0.39 is 0 Å². The van der Waals surface area contributed by atoms with E-state index in [1.807, 2.05) is 87.8 Å². The molecule has 0 fully saturated rings. The molecule has 8 nitrogen and oxygen atoms in total. The number of benzene rings is 3.